The van der Waals surface area contributed by atoms with E-state index in [1.54, 1.807) is 13.0 Å². The van der Waals surface area contributed by atoms with E-state index in [9.17, 15) is 13.5 Å². The lowest BCUT2D eigenvalue weighted by molar-refractivity contribution is 0.161. The van der Waals surface area contributed by atoms with Gasteiger partial charge in [0.15, 0.2) is 9.84 Å². The second-order valence-electron chi connectivity index (χ2n) is 4.66. The van der Waals surface area contributed by atoms with Crippen molar-refractivity contribution in [1.82, 2.24) is 4.98 Å². The summed E-state index contributed by atoms with van der Waals surface area (Å²) in [6.07, 6.45) is 3.72. The molecule has 94 valence electrons. The van der Waals surface area contributed by atoms with Gasteiger partial charge in [-0.3, -0.25) is 4.98 Å². The van der Waals surface area contributed by atoms with Crippen LogP contribution in [0.15, 0.2) is 11.0 Å². The molecular formula is C12H17NO3S. The molecule has 1 aromatic heterocycles. The Morgan fingerprint density at radius 1 is 1.41 bits per heavy atom. The van der Waals surface area contributed by atoms with Crippen LogP contribution < -0.4 is 0 Å². The Kier molecular flexibility index (Phi) is 3.23. The van der Waals surface area contributed by atoms with Gasteiger partial charge in [0.2, 0.25) is 0 Å². The summed E-state index contributed by atoms with van der Waals surface area (Å²) in [7, 11) is -3.26. The monoisotopic (exact) mass is 255 g/mol. The van der Waals surface area contributed by atoms with Crippen LogP contribution in [0.25, 0.3) is 0 Å². The lowest BCUT2D eigenvalue weighted by atomic mass is 10.1. The molecule has 1 unspecified atom stereocenters. The number of pyridine rings is 1. The van der Waals surface area contributed by atoms with E-state index in [-0.39, 0.29) is 0 Å². The average molecular weight is 255 g/mol. The van der Waals surface area contributed by atoms with Crippen molar-refractivity contribution < 1.29 is 13.5 Å². The summed E-state index contributed by atoms with van der Waals surface area (Å²) in [6.45, 7) is 1.76. The molecule has 0 radical (unpaired) electrons. The van der Waals surface area contributed by atoms with Crippen LogP contribution in [0.4, 0.5) is 0 Å². The molecule has 17 heavy (non-hydrogen) atoms. The van der Waals surface area contributed by atoms with Gasteiger partial charge in [-0.25, -0.2) is 8.42 Å². The molecule has 2 rings (SSSR count). The highest BCUT2D eigenvalue weighted by Gasteiger charge is 2.24. The minimum atomic E-state index is -3.26. The molecule has 1 aliphatic carbocycles. The lowest BCUT2D eigenvalue weighted by Crippen LogP contribution is -2.10. The van der Waals surface area contributed by atoms with Crippen LogP contribution in [-0.2, 0) is 16.3 Å². The van der Waals surface area contributed by atoms with Crippen LogP contribution in [0.5, 0.6) is 0 Å². The van der Waals surface area contributed by atoms with Crippen molar-refractivity contribution in [3.05, 3.63) is 23.0 Å². The molecule has 0 bridgehead atoms. The molecule has 0 aliphatic heterocycles. The van der Waals surface area contributed by atoms with Crippen LogP contribution in [-0.4, -0.2) is 24.8 Å². The minimum Gasteiger partial charge on any atom is -0.387 e. The van der Waals surface area contributed by atoms with Gasteiger partial charge >= 0.3 is 0 Å². The van der Waals surface area contributed by atoms with Crippen LogP contribution >= 0.6 is 0 Å². The molecule has 5 heteroatoms. The number of aliphatic hydroxyl groups is 1. The molecule has 0 saturated carbocycles. The minimum absolute atomic E-state index is 0.334. The smallest absolute Gasteiger partial charge is 0.175 e. The van der Waals surface area contributed by atoms with Gasteiger partial charge in [-0.1, -0.05) is 6.42 Å². The Labute approximate surface area is 102 Å². The van der Waals surface area contributed by atoms with E-state index in [4.69, 9.17) is 0 Å². The second kappa shape index (κ2) is 4.38. The number of aliphatic hydroxyl groups excluding tert-OH is 1. The first kappa shape index (κ1) is 12.5. The highest BCUT2D eigenvalue weighted by molar-refractivity contribution is 7.90. The van der Waals surface area contributed by atoms with Gasteiger partial charge in [0, 0.05) is 11.9 Å². The fourth-order valence-corrected chi connectivity index (χ4v) is 3.37. The zero-order chi connectivity index (χ0) is 12.6. The largest absolute Gasteiger partial charge is 0.387 e. The molecule has 4 nitrogen and oxygen atoms in total. The van der Waals surface area contributed by atoms with Crippen molar-refractivity contribution >= 4 is 9.84 Å². The first-order valence-electron chi connectivity index (χ1n) is 5.78. The van der Waals surface area contributed by atoms with E-state index in [1.165, 1.54) is 6.26 Å². The topological polar surface area (TPSA) is 67.3 Å². The summed E-state index contributed by atoms with van der Waals surface area (Å²) in [4.78, 5) is 4.65. The van der Waals surface area contributed by atoms with Crippen molar-refractivity contribution in [3.63, 3.8) is 0 Å². The van der Waals surface area contributed by atoms with Crippen LogP contribution in [0.3, 0.4) is 0 Å². The lowest BCUT2D eigenvalue weighted by Gasteiger charge is -2.14. The van der Waals surface area contributed by atoms with Gasteiger partial charge in [0.1, 0.15) is 0 Å². The van der Waals surface area contributed by atoms with Gasteiger partial charge in [-0.05, 0) is 37.8 Å². The maximum atomic E-state index is 11.8. The molecule has 1 N–H and O–H groups in total. The number of fused-ring (bicyclic) bond motifs is 1. The number of hydrogen-bond donors (Lipinski definition) is 1. The summed E-state index contributed by atoms with van der Waals surface area (Å²) in [5.74, 6) is 0. The van der Waals surface area contributed by atoms with Gasteiger partial charge < -0.3 is 5.11 Å². The average Bonchev–Trinajstić information content (AvgIpc) is 2.39. The maximum absolute atomic E-state index is 11.8. The molecule has 0 saturated heterocycles. The van der Waals surface area contributed by atoms with E-state index in [2.05, 4.69) is 4.98 Å². The molecule has 1 aromatic rings. The molecule has 1 heterocycles. The predicted molar refractivity (Wildman–Crippen MR) is 64.6 cm³/mol. The number of rotatable bonds is 1. The Balaban J connectivity index is 2.70. The first-order valence-corrected chi connectivity index (χ1v) is 7.67. The van der Waals surface area contributed by atoms with E-state index in [0.29, 0.717) is 34.7 Å². The van der Waals surface area contributed by atoms with Crippen LogP contribution in [0, 0.1) is 6.92 Å². The van der Waals surface area contributed by atoms with Crippen LogP contribution in [0.1, 0.15) is 42.3 Å². The Morgan fingerprint density at radius 3 is 2.76 bits per heavy atom. The molecule has 0 aromatic carbocycles. The summed E-state index contributed by atoms with van der Waals surface area (Å²) in [5.41, 5.74) is 1.91. The van der Waals surface area contributed by atoms with Gasteiger partial charge in [-0.15, -0.1) is 0 Å². The number of aryl methyl sites for hydroxylation is 1. The van der Waals surface area contributed by atoms with E-state index < -0.39 is 15.9 Å². The third kappa shape index (κ3) is 2.50. The summed E-state index contributed by atoms with van der Waals surface area (Å²) < 4.78 is 23.5. The molecule has 0 amide bonds. The molecule has 0 spiro atoms. The van der Waals surface area contributed by atoms with Crippen molar-refractivity contribution in [3.8, 4) is 0 Å². The Bertz CT molecular complexity index is 537. The Hall–Kier alpha value is -0.940. The van der Waals surface area contributed by atoms with Gasteiger partial charge in [0.05, 0.1) is 16.7 Å². The molecule has 1 aliphatic rings. The van der Waals surface area contributed by atoms with Crippen molar-refractivity contribution in [2.45, 2.75) is 43.6 Å². The standard InChI is InChI=1S/C12H17NO3S/c1-8-7-11(17(2,15)16)9-5-3-4-6-10(14)12(9)13-8/h7,10,14H,3-6H2,1-2H3. The number of nitrogens with zero attached hydrogens (tertiary/aromatic N) is 1. The Morgan fingerprint density at radius 2 is 2.12 bits per heavy atom. The normalized spacial score (nSPS) is 20.8. The fourth-order valence-electron chi connectivity index (χ4n) is 2.33. The number of sulfone groups is 1. The molecular weight excluding hydrogens is 238 g/mol. The van der Waals surface area contributed by atoms with Crippen molar-refractivity contribution in [2.75, 3.05) is 6.26 Å². The number of aromatic nitrogens is 1. The molecule has 0 fully saturated rings. The van der Waals surface area contributed by atoms with E-state index in [0.717, 1.165) is 12.8 Å². The third-order valence-corrected chi connectivity index (χ3v) is 4.28. The van der Waals surface area contributed by atoms with Crippen molar-refractivity contribution in [2.24, 2.45) is 0 Å². The first-order chi connectivity index (χ1) is 7.89. The maximum Gasteiger partial charge on any atom is 0.175 e. The van der Waals surface area contributed by atoms with Gasteiger partial charge in [0.25, 0.3) is 0 Å². The van der Waals surface area contributed by atoms with Gasteiger partial charge in [-0.2, -0.15) is 0 Å². The van der Waals surface area contributed by atoms with Crippen molar-refractivity contribution in [1.29, 1.82) is 0 Å². The quantitative estimate of drug-likeness (QED) is 0.773. The van der Waals surface area contributed by atoms with Crippen LogP contribution in [0.2, 0.25) is 0 Å². The zero-order valence-corrected chi connectivity index (χ0v) is 10.9. The summed E-state index contributed by atoms with van der Waals surface area (Å²) in [6, 6.07) is 1.60. The molecule has 1 atom stereocenters. The zero-order valence-electron chi connectivity index (χ0n) is 10.1. The predicted octanol–water partition coefficient (Wildman–Crippen LogP) is 1.55. The summed E-state index contributed by atoms with van der Waals surface area (Å²) >= 11 is 0. The SMILES string of the molecule is Cc1cc(S(C)(=O)=O)c2c(n1)C(O)CCCC2. The van der Waals surface area contributed by atoms with E-state index >= 15 is 0 Å². The second-order valence-corrected chi connectivity index (χ2v) is 6.64. The fraction of sp³-hybridized carbons (Fsp3) is 0.583. The highest BCUT2D eigenvalue weighted by atomic mass is 32.2. The summed E-state index contributed by atoms with van der Waals surface area (Å²) in [5, 5.41) is 10.00. The van der Waals surface area contributed by atoms with E-state index in [1.807, 2.05) is 0 Å². The highest BCUT2D eigenvalue weighted by Crippen LogP contribution is 2.31. The number of hydrogen-bond acceptors (Lipinski definition) is 4. The third-order valence-electron chi connectivity index (χ3n) is 3.11.